The average molecular weight is 311 g/mol. The van der Waals surface area contributed by atoms with Gasteiger partial charge in [0.1, 0.15) is 0 Å². The Kier molecular flexibility index (Phi) is 3.73. The molecule has 1 amide bonds. The topological polar surface area (TPSA) is 89.5 Å². The number of nitro groups is 1. The molecule has 118 valence electrons. The molecular weight excluding hydrogens is 294 g/mol. The van der Waals surface area contributed by atoms with Crippen molar-refractivity contribution in [2.75, 3.05) is 12.3 Å². The normalized spacial score (nSPS) is 20.0. The molecule has 23 heavy (non-hydrogen) atoms. The fourth-order valence-corrected chi connectivity index (χ4v) is 3.06. The van der Waals surface area contributed by atoms with Gasteiger partial charge in [0.05, 0.1) is 16.5 Å². The van der Waals surface area contributed by atoms with E-state index < -0.39 is 4.92 Å². The van der Waals surface area contributed by atoms with Crippen molar-refractivity contribution in [2.24, 2.45) is 5.92 Å². The highest BCUT2D eigenvalue weighted by atomic mass is 16.6. The van der Waals surface area contributed by atoms with Gasteiger partial charge in [-0.3, -0.25) is 14.9 Å². The molecule has 6 nitrogen and oxygen atoms in total. The van der Waals surface area contributed by atoms with Gasteiger partial charge in [0, 0.05) is 24.4 Å². The molecule has 2 atom stereocenters. The number of hydrogen-bond donors (Lipinski definition) is 1. The fourth-order valence-electron chi connectivity index (χ4n) is 3.06. The SMILES string of the molecule is C[C@@H]1CN(C(=O)c2cc([N+](=O)[O-])ccc2N)[C@H]1c1ccccc1. The Hall–Kier alpha value is -2.89. The zero-order chi connectivity index (χ0) is 16.6. The zero-order valence-corrected chi connectivity index (χ0v) is 12.7. The van der Waals surface area contributed by atoms with Gasteiger partial charge in [0.25, 0.3) is 11.6 Å². The van der Waals surface area contributed by atoms with Crippen LogP contribution in [0, 0.1) is 16.0 Å². The molecule has 3 rings (SSSR count). The zero-order valence-electron chi connectivity index (χ0n) is 12.7. The number of rotatable bonds is 3. The molecule has 0 unspecified atom stereocenters. The van der Waals surface area contributed by atoms with E-state index in [-0.39, 0.29) is 28.9 Å². The first-order chi connectivity index (χ1) is 11.0. The first-order valence-electron chi connectivity index (χ1n) is 7.39. The minimum absolute atomic E-state index is 0.0256. The largest absolute Gasteiger partial charge is 0.398 e. The Morgan fingerprint density at radius 1 is 1.26 bits per heavy atom. The standard InChI is InChI=1S/C17H17N3O3/c1-11-10-19(16(11)12-5-3-2-4-6-12)17(21)14-9-13(20(22)23)7-8-15(14)18/h2-9,11,16H,10,18H2,1H3/t11-,16-/m1/s1. The summed E-state index contributed by atoms with van der Waals surface area (Å²) in [6.45, 7) is 2.69. The monoisotopic (exact) mass is 311 g/mol. The molecule has 2 aromatic carbocycles. The molecule has 0 aliphatic carbocycles. The lowest BCUT2D eigenvalue weighted by molar-refractivity contribution is -0.384. The number of carbonyl (C=O) groups excluding carboxylic acids is 1. The first-order valence-corrected chi connectivity index (χ1v) is 7.39. The van der Waals surface area contributed by atoms with Crippen molar-refractivity contribution in [1.82, 2.24) is 4.90 Å². The van der Waals surface area contributed by atoms with Crippen LogP contribution >= 0.6 is 0 Å². The van der Waals surface area contributed by atoms with E-state index in [1.165, 1.54) is 18.2 Å². The summed E-state index contributed by atoms with van der Waals surface area (Å²) >= 11 is 0. The van der Waals surface area contributed by atoms with Crippen molar-refractivity contribution >= 4 is 17.3 Å². The van der Waals surface area contributed by atoms with Crippen LogP contribution in [0.1, 0.15) is 28.9 Å². The summed E-state index contributed by atoms with van der Waals surface area (Å²) in [4.78, 5) is 24.9. The predicted octanol–water partition coefficient (Wildman–Crippen LogP) is 3.01. The van der Waals surface area contributed by atoms with Crippen LogP contribution in [-0.2, 0) is 0 Å². The van der Waals surface area contributed by atoms with Crippen LogP contribution in [0.25, 0.3) is 0 Å². The molecular formula is C17H17N3O3. The summed E-state index contributed by atoms with van der Waals surface area (Å²) in [5.41, 5.74) is 7.23. The van der Waals surface area contributed by atoms with Gasteiger partial charge >= 0.3 is 0 Å². The molecule has 1 aliphatic heterocycles. The van der Waals surface area contributed by atoms with Crippen LogP contribution < -0.4 is 5.73 Å². The van der Waals surface area contributed by atoms with Gasteiger partial charge in [-0.15, -0.1) is 0 Å². The number of nitrogens with zero attached hydrogens (tertiary/aromatic N) is 2. The molecule has 0 bridgehead atoms. The van der Waals surface area contributed by atoms with Crippen LogP contribution in [0.15, 0.2) is 48.5 Å². The maximum absolute atomic E-state index is 12.8. The van der Waals surface area contributed by atoms with Gasteiger partial charge in [-0.05, 0) is 17.5 Å². The van der Waals surface area contributed by atoms with Crippen LogP contribution in [0.4, 0.5) is 11.4 Å². The Balaban J connectivity index is 1.92. The van der Waals surface area contributed by atoms with Crippen LogP contribution in [0.2, 0.25) is 0 Å². The predicted molar refractivity (Wildman–Crippen MR) is 86.9 cm³/mol. The van der Waals surface area contributed by atoms with Crippen molar-refractivity contribution in [1.29, 1.82) is 0 Å². The quantitative estimate of drug-likeness (QED) is 0.536. The molecule has 1 fully saturated rings. The van der Waals surface area contributed by atoms with E-state index in [1.807, 2.05) is 30.3 Å². The smallest absolute Gasteiger partial charge is 0.270 e. The van der Waals surface area contributed by atoms with E-state index in [0.29, 0.717) is 12.5 Å². The van der Waals surface area contributed by atoms with E-state index in [4.69, 9.17) is 5.73 Å². The minimum Gasteiger partial charge on any atom is -0.398 e. The second kappa shape index (κ2) is 5.72. The van der Waals surface area contributed by atoms with Gasteiger partial charge in [0.2, 0.25) is 0 Å². The summed E-state index contributed by atoms with van der Waals surface area (Å²) in [7, 11) is 0. The second-order valence-electron chi connectivity index (χ2n) is 5.82. The summed E-state index contributed by atoms with van der Waals surface area (Å²) in [5, 5.41) is 10.9. The Bertz CT molecular complexity index is 761. The second-order valence-corrected chi connectivity index (χ2v) is 5.82. The highest BCUT2D eigenvalue weighted by Gasteiger charge is 2.40. The lowest BCUT2D eigenvalue weighted by Gasteiger charge is -2.47. The number of anilines is 1. The third kappa shape index (κ3) is 2.63. The van der Waals surface area contributed by atoms with E-state index in [0.717, 1.165) is 5.56 Å². The molecule has 0 aromatic heterocycles. The minimum atomic E-state index is -0.524. The number of benzene rings is 2. The Morgan fingerprint density at radius 2 is 1.96 bits per heavy atom. The van der Waals surface area contributed by atoms with Crippen molar-refractivity contribution < 1.29 is 9.72 Å². The highest BCUT2D eigenvalue weighted by molar-refractivity contribution is 6.00. The lowest BCUT2D eigenvalue weighted by Crippen LogP contribution is -2.51. The first kappa shape index (κ1) is 15.0. The summed E-state index contributed by atoms with van der Waals surface area (Å²) in [6, 6.07) is 13.7. The van der Waals surface area contributed by atoms with Gasteiger partial charge in [-0.1, -0.05) is 37.3 Å². The van der Waals surface area contributed by atoms with Crippen molar-refractivity contribution in [3.63, 3.8) is 0 Å². The molecule has 1 aliphatic rings. The number of amides is 1. The van der Waals surface area contributed by atoms with E-state index >= 15 is 0 Å². The average Bonchev–Trinajstić information content (AvgIpc) is 2.53. The van der Waals surface area contributed by atoms with E-state index in [1.54, 1.807) is 4.90 Å². The van der Waals surface area contributed by atoms with Crippen molar-refractivity contribution in [2.45, 2.75) is 13.0 Å². The van der Waals surface area contributed by atoms with Crippen molar-refractivity contribution in [3.8, 4) is 0 Å². The molecule has 0 radical (unpaired) electrons. The number of carbonyl (C=O) groups is 1. The number of non-ortho nitro benzene ring substituents is 1. The van der Waals surface area contributed by atoms with Crippen LogP contribution in [0.3, 0.4) is 0 Å². The molecule has 0 saturated carbocycles. The fraction of sp³-hybridized carbons (Fsp3) is 0.235. The van der Waals surface area contributed by atoms with Crippen LogP contribution in [-0.4, -0.2) is 22.3 Å². The van der Waals surface area contributed by atoms with Gasteiger partial charge in [-0.25, -0.2) is 0 Å². The third-order valence-corrected chi connectivity index (χ3v) is 4.24. The van der Waals surface area contributed by atoms with Crippen LogP contribution in [0.5, 0.6) is 0 Å². The molecule has 2 N–H and O–H groups in total. The third-order valence-electron chi connectivity index (χ3n) is 4.24. The number of likely N-dealkylation sites (tertiary alicyclic amines) is 1. The number of nitro benzene ring substituents is 1. The molecule has 1 heterocycles. The number of nitrogen functional groups attached to an aromatic ring is 1. The molecule has 6 heteroatoms. The number of hydrogen-bond acceptors (Lipinski definition) is 4. The maximum Gasteiger partial charge on any atom is 0.270 e. The van der Waals surface area contributed by atoms with E-state index in [9.17, 15) is 14.9 Å². The summed E-state index contributed by atoms with van der Waals surface area (Å²) in [5.74, 6) is 0.0689. The Morgan fingerprint density at radius 3 is 2.57 bits per heavy atom. The molecule has 1 saturated heterocycles. The van der Waals surface area contributed by atoms with E-state index in [2.05, 4.69) is 6.92 Å². The maximum atomic E-state index is 12.8. The number of nitrogens with two attached hydrogens (primary N) is 1. The summed E-state index contributed by atoms with van der Waals surface area (Å²) < 4.78 is 0. The Labute approximate surface area is 133 Å². The summed E-state index contributed by atoms with van der Waals surface area (Å²) in [6.07, 6.45) is 0. The van der Waals surface area contributed by atoms with Gasteiger partial charge in [-0.2, -0.15) is 0 Å². The van der Waals surface area contributed by atoms with Gasteiger partial charge in [0.15, 0.2) is 0 Å². The highest BCUT2D eigenvalue weighted by Crippen LogP contribution is 2.40. The lowest BCUT2D eigenvalue weighted by atomic mass is 9.84. The molecule has 2 aromatic rings. The van der Waals surface area contributed by atoms with Gasteiger partial charge < -0.3 is 10.6 Å². The molecule has 0 spiro atoms. The van der Waals surface area contributed by atoms with Crippen molar-refractivity contribution in [3.05, 3.63) is 69.8 Å².